The van der Waals surface area contributed by atoms with E-state index >= 15 is 0 Å². The van der Waals surface area contributed by atoms with Crippen LogP contribution in [-0.4, -0.2) is 38.8 Å². The first-order valence-electron chi connectivity index (χ1n) is 5.84. The summed E-state index contributed by atoms with van der Waals surface area (Å²) >= 11 is 0. The van der Waals surface area contributed by atoms with Gasteiger partial charge in [0.25, 0.3) is 0 Å². The lowest BCUT2D eigenvalue weighted by molar-refractivity contribution is -0.120. The number of hydrogen-bond acceptors (Lipinski definition) is 3. The Morgan fingerprint density at radius 1 is 1.53 bits per heavy atom. The summed E-state index contributed by atoms with van der Waals surface area (Å²) in [6.07, 6.45) is 5.18. The number of amides is 1. The van der Waals surface area contributed by atoms with Crippen LogP contribution in [0.25, 0.3) is 0 Å². The van der Waals surface area contributed by atoms with Gasteiger partial charge in [-0.1, -0.05) is 6.42 Å². The van der Waals surface area contributed by atoms with Crippen molar-refractivity contribution in [3.63, 3.8) is 0 Å². The Kier molecular flexibility index (Phi) is 6.36. The van der Waals surface area contributed by atoms with Crippen molar-refractivity contribution >= 4 is 5.91 Å². The normalized spacial score (nSPS) is 21.3. The van der Waals surface area contributed by atoms with E-state index < -0.39 is 0 Å². The third-order valence-electron chi connectivity index (χ3n) is 2.70. The highest BCUT2D eigenvalue weighted by atomic mass is 16.5. The minimum absolute atomic E-state index is 0.0920. The molecule has 0 aromatic rings. The number of rotatable bonds is 6. The number of carbonyl (C=O) groups excluding carboxylic acids is 1. The van der Waals surface area contributed by atoms with Gasteiger partial charge in [0.15, 0.2) is 0 Å². The molecule has 4 heteroatoms. The topological polar surface area (TPSA) is 50.4 Å². The Bertz CT molecular complexity index is 179. The van der Waals surface area contributed by atoms with Crippen LogP contribution in [0.3, 0.4) is 0 Å². The smallest absolute Gasteiger partial charge is 0.219 e. The van der Waals surface area contributed by atoms with Gasteiger partial charge in [-0.25, -0.2) is 0 Å². The molecule has 1 amide bonds. The molecule has 2 N–H and O–H groups in total. The summed E-state index contributed by atoms with van der Waals surface area (Å²) < 4.78 is 5.53. The molecule has 0 aliphatic carbocycles. The van der Waals surface area contributed by atoms with E-state index in [-0.39, 0.29) is 5.91 Å². The second kappa shape index (κ2) is 7.65. The van der Waals surface area contributed by atoms with Crippen LogP contribution >= 0.6 is 0 Å². The Morgan fingerprint density at radius 2 is 2.40 bits per heavy atom. The molecule has 0 aromatic carbocycles. The van der Waals surface area contributed by atoms with Crippen molar-refractivity contribution in [2.24, 2.45) is 0 Å². The monoisotopic (exact) mass is 214 g/mol. The number of ether oxygens (including phenoxy) is 1. The molecule has 88 valence electrons. The van der Waals surface area contributed by atoms with Gasteiger partial charge in [0.05, 0.1) is 6.61 Å². The summed E-state index contributed by atoms with van der Waals surface area (Å²) in [7, 11) is 1.66. The third kappa shape index (κ3) is 5.74. The van der Waals surface area contributed by atoms with E-state index in [1.54, 1.807) is 7.05 Å². The first kappa shape index (κ1) is 12.5. The molecule has 0 bridgehead atoms. The Labute approximate surface area is 91.8 Å². The molecule has 4 nitrogen and oxygen atoms in total. The summed E-state index contributed by atoms with van der Waals surface area (Å²) in [5.74, 6) is 0.0920. The fourth-order valence-corrected chi connectivity index (χ4v) is 1.75. The third-order valence-corrected chi connectivity index (χ3v) is 2.70. The fraction of sp³-hybridized carbons (Fsp3) is 0.909. The Balaban J connectivity index is 1.89. The molecule has 1 heterocycles. The standard InChI is InChI=1S/C11H22N2O2/c1-12-11(14)6-4-8-15-9-10-5-2-3-7-13-10/h10,13H,2-9H2,1H3,(H,12,14). The van der Waals surface area contributed by atoms with Crippen LogP contribution < -0.4 is 10.6 Å². The second-order valence-corrected chi connectivity index (χ2v) is 4.00. The molecule has 1 aliphatic rings. The number of nitrogens with one attached hydrogen (secondary N) is 2. The van der Waals surface area contributed by atoms with E-state index in [4.69, 9.17) is 4.74 Å². The van der Waals surface area contributed by atoms with Gasteiger partial charge in [-0.2, -0.15) is 0 Å². The minimum atomic E-state index is 0.0920. The van der Waals surface area contributed by atoms with Gasteiger partial charge < -0.3 is 15.4 Å². The van der Waals surface area contributed by atoms with Gasteiger partial charge in [0.1, 0.15) is 0 Å². The average Bonchev–Trinajstić information content (AvgIpc) is 2.29. The van der Waals surface area contributed by atoms with Crippen LogP contribution in [0.4, 0.5) is 0 Å². The molecule has 1 atom stereocenters. The van der Waals surface area contributed by atoms with Crippen molar-refractivity contribution in [3.8, 4) is 0 Å². The van der Waals surface area contributed by atoms with Crippen LogP contribution in [0.5, 0.6) is 0 Å². The average molecular weight is 214 g/mol. The summed E-state index contributed by atoms with van der Waals surface area (Å²) in [4.78, 5) is 10.9. The zero-order chi connectivity index (χ0) is 10.9. The van der Waals surface area contributed by atoms with E-state index in [0.717, 1.165) is 19.6 Å². The zero-order valence-corrected chi connectivity index (χ0v) is 9.55. The second-order valence-electron chi connectivity index (χ2n) is 4.00. The van der Waals surface area contributed by atoms with Crippen LogP contribution in [0, 0.1) is 0 Å². The van der Waals surface area contributed by atoms with Crippen molar-refractivity contribution in [3.05, 3.63) is 0 Å². The molecule has 1 fully saturated rings. The predicted molar refractivity (Wildman–Crippen MR) is 59.8 cm³/mol. The summed E-state index contributed by atoms with van der Waals surface area (Å²) in [5.41, 5.74) is 0. The number of carbonyl (C=O) groups is 1. The predicted octanol–water partition coefficient (Wildman–Crippen LogP) is 0.671. The maximum atomic E-state index is 10.9. The largest absolute Gasteiger partial charge is 0.380 e. The molecule has 0 aromatic heterocycles. The van der Waals surface area contributed by atoms with Gasteiger partial charge >= 0.3 is 0 Å². The van der Waals surface area contributed by atoms with Crippen LogP contribution in [0.1, 0.15) is 32.1 Å². The quantitative estimate of drug-likeness (QED) is 0.639. The summed E-state index contributed by atoms with van der Waals surface area (Å²) in [6.45, 7) is 2.59. The molecule has 1 aliphatic heterocycles. The lowest BCUT2D eigenvalue weighted by atomic mass is 10.1. The van der Waals surface area contributed by atoms with Gasteiger partial charge in [0, 0.05) is 26.1 Å². The molecule has 1 rings (SSSR count). The molecule has 0 spiro atoms. The van der Waals surface area contributed by atoms with Gasteiger partial charge in [-0.3, -0.25) is 4.79 Å². The van der Waals surface area contributed by atoms with E-state index in [9.17, 15) is 4.79 Å². The highest BCUT2D eigenvalue weighted by Crippen LogP contribution is 2.07. The van der Waals surface area contributed by atoms with E-state index in [1.807, 2.05) is 0 Å². The molecule has 15 heavy (non-hydrogen) atoms. The molecule has 0 saturated carbocycles. The van der Waals surface area contributed by atoms with Crippen molar-refractivity contribution < 1.29 is 9.53 Å². The zero-order valence-electron chi connectivity index (χ0n) is 9.55. The van der Waals surface area contributed by atoms with Crippen LogP contribution in [0.2, 0.25) is 0 Å². The Morgan fingerprint density at radius 3 is 3.07 bits per heavy atom. The molecular formula is C11H22N2O2. The molecule has 1 saturated heterocycles. The summed E-state index contributed by atoms with van der Waals surface area (Å²) in [6, 6.07) is 0.527. The van der Waals surface area contributed by atoms with Crippen LogP contribution in [-0.2, 0) is 9.53 Å². The Hall–Kier alpha value is -0.610. The van der Waals surface area contributed by atoms with Crippen LogP contribution in [0.15, 0.2) is 0 Å². The molecular weight excluding hydrogens is 192 g/mol. The first-order valence-corrected chi connectivity index (χ1v) is 5.84. The van der Waals surface area contributed by atoms with E-state index in [2.05, 4.69) is 10.6 Å². The maximum Gasteiger partial charge on any atom is 0.219 e. The number of piperidine rings is 1. The highest BCUT2D eigenvalue weighted by Gasteiger charge is 2.11. The SMILES string of the molecule is CNC(=O)CCCOCC1CCCCN1. The first-order chi connectivity index (χ1) is 7.33. The van der Waals surface area contributed by atoms with E-state index in [1.165, 1.54) is 19.3 Å². The van der Waals surface area contributed by atoms with Crippen molar-refractivity contribution in [1.82, 2.24) is 10.6 Å². The maximum absolute atomic E-state index is 10.9. The van der Waals surface area contributed by atoms with E-state index in [0.29, 0.717) is 19.1 Å². The van der Waals surface area contributed by atoms with Gasteiger partial charge in [0.2, 0.25) is 5.91 Å². The van der Waals surface area contributed by atoms with Crippen molar-refractivity contribution in [1.29, 1.82) is 0 Å². The summed E-state index contributed by atoms with van der Waals surface area (Å²) in [5, 5.41) is 6.02. The van der Waals surface area contributed by atoms with Gasteiger partial charge in [-0.05, 0) is 25.8 Å². The van der Waals surface area contributed by atoms with Gasteiger partial charge in [-0.15, -0.1) is 0 Å². The minimum Gasteiger partial charge on any atom is -0.380 e. The highest BCUT2D eigenvalue weighted by molar-refractivity contribution is 5.75. The molecule has 0 radical (unpaired) electrons. The number of hydrogen-bond donors (Lipinski definition) is 2. The van der Waals surface area contributed by atoms with Crippen molar-refractivity contribution in [2.45, 2.75) is 38.1 Å². The lowest BCUT2D eigenvalue weighted by Crippen LogP contribution is -2.37. The lowest BCUT2D eigenvalue weighted by Gasteiger charge is -2.23. The fourth-order valence-electron chi connectivity index (χ4n) is 1.75. The molecule has 1 unspecified atom stereocenters. The van der Waals surface area contributed by atoms with Crippen molar-refractivity contribution in [2.75, 3.05) is 26.8 Å².